The number of nitrogens with two attached hydrogens (primary N) is 2. The Kier molecular flexibility index (Phi) is 9.01. The van der Waals surface area contributed by atoms with Crippen LogP contribution in [0, 0.1) is 0 Å². The SMILES string of the molecule is CCN(CC)C(CC[Si](OC)(OC)OC)(C(N)=S)C(N)=S. The minimum absolute atomic E-state index is 0.268. The molecule has 0 saturated heterocycles. The molecular formula is C12H27N3O3S2Si. The summed E-state index contributed by atoms with van der Waals surface area (Å²) in [6.07, 6.45) is 0.501. The smallest absolute Gasteiger partial charge is 0.391 e. The number of nitrogens with zero attached hydrogens (tertiary/aromatic N) is 1. The Morgan fingerprint density at radius 1 is 1.00 bits per heavy atom. The zero-order valence-corrected chi connectivity index (χ0v) is 16.1. The van der Waals surface area contributed by atoms with E-state index in [1.54, 1.807) is 21.3 Å². The van der Waals surface area contributed by atoms with Gasteiger partial charge >= 0.3 is 8.80 Å². The first-order chi connectivity index (χ1) is 9.80. The van der Waals surface area contributed by atoms with Crippen LogP contribution in [0.15, 0.2) is 0 Å². The summed E-state index contributed by atoms with van der Waals surface area (Å²) in [5.74, 6) is 0. The third-order valence-corrected chi connectivity index (χ3v) is 7.25. The van der Waals surface area contributed by atoms with Crippen molar-refractivity contribution in [1.29, 1.82) is 0 Å². The fraction of sp³-hybridized carbons (Fsp3) is 0.833. The molecule has 0 fully saturated rings. The van der Waals surface area contributed by atoms with Crippen molar-refractivity contribution in [3.05, 3.63) is 0 Å². The average molecular weight is 354 g/mol. The Morgan fingerprint density at radius 3 is 1.62 bits per heavy atom. The van der Waals surface area contributed by atoms with Gasteiger partial charge in [-0.3, -0.25) is 4.90 Å². The zero-order valence-electron chi connectivity index (χ0n) is 13.5. The highest BCUT2D eigenvalue weighted by Crippen LogP contribution is 2.28. The van der Waals surface area contributed by atoms with Crippen molar-refractivity contribution in [3.63, 3.8) is 0 Å². The highest BCUT2D eigenvalue weighted by molar-refractivity contribution is 7.82. The molecule has 4 N–H and O–H groups in total. The topological polar surface area (TPSA) is 83.0 Å². The zero-order chi connectivity index (χ0) is 16.7. The number of hydrogen-bond acceptors (Lipinski definition) is 6. The van der Waals surface area contributed by atoms with E-state index in [9.17, 15) is 0 Å². The van der Waals surface area contributed by atoms with Crippen LogP contribution >= 0.6 is 24.4 Å². The molecule has 0 aliphatic rings. The predicted octanol–water partition coefficient (Wildman–Crippen LogP) is 0.907. The Morgan fingerprint density at radius 2 is 1.38 bits per heavy atom. The second kappa shape index (κ2) is 9.08. The van der Waals surface area contributed by atoms with Crippen molar-refractivity contribution >= 4 is 43.2 Å². The highest BCUT2D eigenvalue weighted by Gasteiger charge is 2.47. The lowest BCUT2D eigenvalue weighted by molar-refractivity contribution is 0.117. The van der Waals surface area contributed by atoms with Crippen LogP contribution in [0.2, 0.25) is 6.04 Å². The quantitative estimate of drug-likeness (QED) is 0.419. The van der Waals surface area contributed by atoms with Gasteiger partial charge in [-0.15, -0.1) is 0 Å². The molecule has 0 atom stereocenters. The monoisotopic (exact) mass is 353 g/mol. The highest BCUT2D eigenvalue weighted by atomic mass is 32.1. The first-order valence-corrected chi connectivity index (χ1v) is 9.55. The van der Waals surface area contributed by atoms with E-state index in [4.69, 9.17) is 49.2 Å². The average Bonchev–Trinajstić information content (AvgIpc) is 2.47. The molecule has 21 heavy (non-hydrogen) atoms. The van der Waals surface area contributed by atoms with Gasteiger partial charge in [0.15, 0.2) is 0 Å². The standard InChI is InChI=1S/C12H27N3O3S2Si/c1-6-15(7-2)12(10(13)19,11(14)20)8-9-21(16-3,17-4)18-5/h6-9H2,1-5H3,(H2,13,19)(H2,14,20). The van der Waals surface area contributed by atoms with Crippen molar-refractivity contribution < 1.29 is 13.3 Å². The van der Waals surface area contributed by atoms with Gasteiger partial charge in [0.1, 0.15) is 15.5 Å². The van der Waals surface area contributed by atoms with Crippen LogP contribution in [-0.2, 0) is 13.3 Å². The van der Waals surface area contributed by atoms with Gasteiger partial charge in [-0.2, -0.15) is 0 Å². The summed E-state index contributed by atoms with van der Waals surface area (Å²) < 4.78 is 16.3. The molecule has 0 aromatic rings. The van der Waals surface area contributed by atoms with Crippen LogP contribution < -0.4 is 11.5 Å². The van der Waals surface area contributed by atoms with E-state index in [0.29, 0.717) is 12.5 Å². The van der Waals surface area contributed by atoms with Gasteiger partial charge in [0, 0.05) is 27.4 Å². The summed E-state index contributed by atoms with van der Waals surface area (Å²) in [7, 11) is 1.96. The van der Waals surface area contributed by atoms with Gasteiger partial charge < -0.3 is 24.7 Å². The first kappa shape index (κ1) is 20.8. The normalized spacial score (nSPS) is 12.7. The number of hydrogen-bond donors (Lipinski definition) is 2. The number of rotatable bonds is 11. The Labute approximate surface area is 139 Å². The molecule has 0 unspecified atom stereocenters. The van der Waals surface area contributed by atoms with E-state index in [-0.39, 0.29) is 9.98 Å². The minimum Gasteiger partial charge on any atom is -0.391 e. The van der Waals surface area contributed by atoms with Crippen molar-refractivity contribution in [2.24, 2.45) is 11.5 Å². The van der Waals surface area contributed by atoms with Gasteiger partial charge in [0.05, 0.1) is 0 Å². The van der Waals surface area contributed by atoms with Crippen LogP contribution in [0.4, 0.5) is 0 Å². The van der Waals surface area contributed by atoms with Crippen LogP contribution in [0.5, 0.6) is 0 Å². The van der Waals surface area contributed by atoms with Gasteiger partial charge in [0.25, 0.3) is 0 Å². The lowest BCUT2D eigenvalue weighted by Gasteiger charge is -2.42. The lowest BCUT2D eigenvalue weighted by Crippen LogP contribution is -2.64. The van der Waals surface area contributed by atoms with Crippen molar-refractivity contribution in [3.8, 4) is 0 Å². The summed E-state index contributed by atoms with van der Waals surface area (Å²) in [5.41, 5.74) is 11.2. The summed E-state index contributed by atoms with van der Waals surface area (Å²) in [4.78, 5) is 2.60. The number of likely N-dealkylation sites (N-methyl/N-ethyl adjacent to an activating group) is 1. The third kappa shape index (κ3) is 4.41. The van der Waals surface area contributed by atoms with E-state index in [0.717, 1.165) is 13.1 Å². The third-order valence-electron chi connectivity index (χ3n) is 3.84. The summed E-state index contributed by atoms with van der Waals surface area (Å²) in [5, 5.41) is 0. The molecule has 0 aromatic heterocycles. The molecule has 0 bridgehead atoms. The van der Waals surface area contributed by atoms with Crippen LogP contribution in [0.3, 0.4) is 0 Å². The molecule has 0 saturated carbocycles. The first-order valence-electron chi connectivity index (χ1n) is 6.80. The van der Waals surface area contributed by atoms with Crippen molar-refractivity contribution in [1.82, 2.24) is 4.90 Å². The molecule has 9 heteroatoms. The fourth-order valence-electron chi connectivity index (χ4n) is 2.49. The van der Waals surface area contributed by atoms with E-state index >= 15 is 0 Å². The van der Waals surface area contributed by atoms with E-state index in [1.165, 1.54) is 0 Å². The predicted molar refractivity (Wildman–Crippen MR) is 95.4 cm³/mol. The summed E-state index contributed by atoms with van der Waals surface area (Å²) >= 11 is 10.5. The van der Waals surface area contributed by atoms with Crippen molar-refractivity contribution in [2.45, 2.75) is 31.9 Å². The molecule has 0 radical (unpaired) electrons. The Hall–Kier alpha value is -0.163. The maximum Gasteiger partial charge on any atom is 0.500 e. The largest absolute Gasteiger partial charge is 0.500 e. The number of thiocarbonyl (C=S) groups is 2. The van der Waals surface area contributed by atoms with Gasteiger partial charge in [-0.05, 0) is 19.5 Å². The van der Waals surface area contributed by atoms with E-state index < -0.39 is 14.3 Å². The summed E-state index contributed by atoms with van der Waals surface area (Å²) in [6, 6.07) is 0.516. The van der Waals surface area contributed by atoms with Gasteiger partial charge in [-0.25, -0.2) is 0 Å². The molecule has 0 aliphatic carbocycles. The molecular weight excluding hydrogens is 326 g/mol. The van der Waals surface area contributed by atoms with Crippen LogP contribution in [0.1, 0.15) is 20.3 Å². The molecule has 0 spiro atoms. The van der Waals surface area contributed by atoms with Crippen molar-refractivity contribution in [2.75, 3.05) is 34.4 Å². The van der Waals surface area contributed by atoms with Gasteiger partial charge in [0.2, 0.25) is 0 Å². The molecule has 0 heterocycles. The second-order valence-electron chi connectivity index (χ2n) is 4.56. The minimum atomic E-state index is -2.75. The van der Waals surface area contributed by atoms with Crippen LogP contribution in [-0.4, -0.2) is 63.6 Å². The Balaban J connectivity index is 5.53. The lowest BCUT2D eigenvalue weighted by atomic mass is 9.93. The fourth-order valence-corrected chi connectivity index (χ4v) is 5.02. The summed E-state index contributed by atoms with van der Waals surface area (Å²) in [6.45, 7) is 5.49. The molecule has 6 nitrogen and oxygen atoms in total. The van der Waals surface area contributed by atoms with E-state index in [1.807, 2.05) is 13.8 Å². The molecule has 0 aliphatic heterocycles. The molecule has 0 aromatic carbocycles. The Bertz CT molecular complexity index is 341. The van der Waals surface area contributed by atoms with Gasteiger partial charge in [-0.1, -0.05) is 38.3 Å². The van der Waals surface area contributed by atoms with Crippen LogP contribution in [0.25, 0.3) is 0 Å². The maximum atomic E-state index is 5.99. The second-order valence-corrected chi connectivity index (χ2v) is 8.53. The molecule has 0 amide bonds. The molecule has 124 valence electrons. The maximum absolute atomic E-state index is 5.99. The molecule has 0 rings (SSSR count). The van der Waals surface area contributed by atoms with E-state index in [2.05, 4.69) is 4.90 Å².